The molecule has 424 valence electrons. The molecule has 1 fully saturated rings. The van der Waals surface area contributed by atoms with Crippen molar-refractivity contribution in [3.8, 4) is 0 Å². The fraction of sp³-hybridized carbons (Fsp3) is 0.815. The fourth-order valence-corrected chi connectivity index (χ4v) is 8.75. The monoisotopic (exact) mass is 1050 g/mol. The summed E-state index contributed by atoms with van der Waals surface area (Å²) in [6.45, 7) is 22.1. The van der Waals surface area contributed by atoms with Crippen LogP contribution in [0.5, 0.6) is 0 Å². The van der Waals surface area contributed by atoms with Crippen molar-refractivity contribution in [2.75, 3.05) is 0 Å². The first kappa shape index (κ1) is 66.7. The molecule has 1 heterocycles. The Bertz CT molecular complexity index is 1820. The standard InChI is InChI=1S/C54H95N7O13/c1-31(2)21-19-17-15-13-14-16-18-20-22-37-29-44(62)55-38(23-24-45(63)64)48(67)56-39(25-32(3)4)49(68)58-41(27-34(7)8)52(71)61-47(36(11)12)53(72)59-42(30-46(65)66)51(70)57-40(26-33(5)6)50(69)60-43(28-35(9)10)54(73)74-37/h31-43,47H,13-30H2,1-12H3,(H,55,62)(H,56,67)(H,57,70)(H,58,68)(H,59,72)(H,60,69)(H,61,71)(H,63,64)(H,65,66). The van der Waals surface area contributed by atoms with Crippen LogP contribution in [0.15, 0.2) is 0 Å². The molecule has 20 nitrogen and oxygen atoms in total. The average Bonchev–Trinajstić information content (AvgIpc) is 3.27. The lowest BCUT2D eigenvalue weighted by molar-refractivity contribution is -0.155. The molecule has 1 saturated heterocycles. The fourth-order valence-electron chi connectivity index (χ4n) is 8.75. The minimum atomic E-state index is -1.72. The topological polar surface area (TPSA) is 305 Å². The van der Waals surface area contributed by atoms with Gasteiger partial charge >= 0.3 is 17.9 Å². The molecule has 0 bridgehead atoms. The molecule has 1 rings (SSSR count). The van der Waals surface area contributed by atoms with Gasteiger partial charge in [0.1, 0.15) is 48.4 Å². The summed E-state index contributed by atoms with van der Waals surface area (Å²) in [7, 11) is 0. The normalized spacial score (nSPS) is 23.9. The third kappa shape index (κ3) is 28.4. The summed E-state index contributed by atoms with van der Waals surface area (Å²) in [5.74, 6) is -10.1. The first-order valence-electron chi connectivity index (χ1n) is 27.3. The van der Waals surface area contributed by atoms with Crippen LogP contribution in [0.25, 0.3) is 0 Å². The highest BCUT2D eigenvalue weighted by molar-refractivity contribution is 5.98. The highest BCUT2D eigenvalue weighted by atomic mass is 16.5. The smallest absolute Gasteiger partial charge is 0.328 e. The van der Waals surface area contributed by atoms with E-state index in [-0.39, 0.29) is 62.2 Å². The molecule has 0 spiro atoms. The number of unbranched alkanes of at least 4 members (excludes halogenated alkanes) is 7. The predicted molar refractivity (Wildman–Crippen MR) is 281 cm³/mol. The van der Waals surface area contributed by atoms with E-state index in [2.05, 4.69) is 51.1 Å². The van der Waals surface area contributed by atoms with Crippen LogP contribution in [-0.2, 0) is 52.7 Å². The molecular weight excluding hydrogens is 955 g/mol. The van der Waals surface area contributed by atoms with Crippen LogP contribution in [-0.4, -0.2) is 118 Å². The summed E-state index contributed by atoms with van der Waals surface area (Å²) in [6.07, 6.45) is 6.28. The van der Waals surface area contributed by atoms with Crippen LogP contribution >= 0.6 is 0 Å². The van der Waals surface area contributed by atoms with E-state index in [0.717, 1.165) is 32.1 Å². The lowest BCUT2D eigenvalue weighted by Gasteiger charge is -2.29. The van der Waals surface area contributed by atoms with Crippen molar-refractivity contribution < 1.29 is 62.9 Å². The van der Waals surface area contributed by atoms with Crippen LogP contribution in [0, 0.1) is 35.5 Å². The zero-order valence-corrected chi connectivity index (χ0v) is 46.7. The molecule has 0 aromatic rings. The minimum Gasteiger partial charge on any atom is -0.481 e. The number of carboxylic acid groups (broad SMARTS) is 2. The Morgan fingerprint density at radius 1 is 0.446 bits per heavy atom. The zero-order valence-electron chi connectivity index (χ0n) is 46.7. The van der Waals surface area contributed by atoms with E-state index in [0.29, 0.717) is 12.3 Å². The lowest BCUT2D eigenvalue weighted by Crippen LogP contribution is -2.61. The second kappa shape index (κ2) is 35.0. The molecule has 0 saturated carbocycles. The number of aliphatic carboxylic acids is 2. The average molecular weight is 1050 g/mol. The maximum atomic E-state index is 14.2. The molecule has 0 aromatic carbocycles. The molecule has 8 atom stereocenters. The van der Waals surface area contributed by atoms with E-state index in [4.69, 9.17) is 4.74 Å². The molecule has 0 aliphatic carbocycles. The van der Waals surface area contributed by atoms with Crippen molar-refractivity contribution in [1.82, 2.24) is 37.2 Å². The maximum Gasteiger partial charge on any atom is 0.328 e. The van der Waals surface area contributed by atoms with Crippen molar-refractivity contribution in [3.63, 3.8) is 0 Å². The van der Waals surface area contributed by atoms with Crippen molar-refractivity contribution >= 4 is 59.3 Å². The Kier molecular flexibility index (Phi) is 31.6. The highest BCUT2D eigenvalue weighted by Crippen LogP contribution is 2.19. The number of carbonyl (C=O) groups is 10. The second-order valence-corrected chi connectivity index (χ2v) is 22.8. The van der Waals surface area contributed by atoms with Gasteiger partial charge in [0.15, 0.2) is 0 Å². The largest absolute Gasteiger partial charge is 0.481 e. The predicted octanol–water partition coefficient (Wildman–Crippen LogP) is 5.43. The number of carboxylic acids is 2. The maximum absolute atomic E-state index is 14.2. The van der Waals surface area contributed by atoms with E-state index in [9.17, 15) is 58.2 Å². The van der Waals surface area contributed by atoms with Crippen LogP contribution in [0.1, 0.15) is 199 Å². The van der Waals surface area contributed by atoms with Gasteiger partial charge in [-0.2, -0.15) is 0 Å². The van der Waals surface area contributed by atoms with E-state index >= 15 is 0 Å². The van der Waals surface area contributed by atoms with Gasteiger partial charge in [-0.05, 0) is 80.5 Å². The summed E-state index contributed by atoms with van der Waals surface area (Å²) in [6, 6.07) is -9.64. The number of cyclic esters (lactones) is 1. The van der Waals surface area contributed by atoms with Crippen LogP contribution in [0.3, 0.4) is 0 Å². The van der Waals surface area contributed by atoms with Gasteiger partial charge in [0.05, 0.1) is 12.8 Å². The highest BCUT2D eigenvalue weighted by Gasteiger charge is 2.37. The minimum absolute atomic E-state index is 0.0395. The lowest BCUT2D eigenvalue weighted by atomic mass is 9.98. The number of esters is 1. The first-order chi connectivity index (χ1) is 34.6. The number of amides is 7. The summed E-state index contributed by atoms with van der Waals surface area (Å²) in [5, 5.41) is 37.9. The van der Waals surface area contributed by atoms with Gasteiger partial charge in [-0.15, -0.1) is 0 Å². The van der Waals surface area contributed by atoms with Gasteiger partial charge in [-0.25, -0.2) is 4.79 Å². The van der Waals surface area contributed by atoms with Crippen molar-refractivity contribution in [1.29, 1.82) is 0 Å². The Morgan fingerprint density at radius 3 is 1.27 bits per heavy atom. The Hall–Kier alpha value is -5.30. The van der Waals surface area contributed by atoms with Gasteiger partial charge in [0.2, 0.25) is 41.4 Å². The molecule has 1 aliphatic heterocycles. The van der Waals surface area contributed by atoms with E-state index in [1.54, 1.807) is 55.4 Å². The molecular formula is C54H95N7O13. The summed E-state index contributed by atoms with van der Waals surface area (Å²) in [5.41, 5.74) is 0. The quantitative estimate of drug-likeness (QED) is 0.0408. The zero-order chi connectivity index (χ0) is 56.2. The molecule has 1 aliphatic rings. The number of nitrogens with one attached hydrogen (secondary N) is 7. The molecule has 7 amide bonds. The third-order valence-corrected chi connectivity index (χ3v) is 12.6. The number of ether oxygens (including phenoxy) is 1. The van der Waals surface area contributed by atoms with Gasteiger partial charge in [0.25, 0.3) is 0 Å². The van der Waals surface area contributed by atoms with Crippen LogP contribution < -0.4 is 37.2 Å². The SMILES string of the molecule is CC(C)CCCCCCCCCCC1CC(=O)NC(CCC(=O)O)C(=O)NC(CC(C)C)C(=O)NC(CC(C)C)C(=O)NC(C(C)C)C(=O)NC(CC(=O)O)C(=O)NC(CC(C)C)C(=O)NC(CC(C)C)C(=O)O1. The molecule has 9 N–H and O–H groups in total. The Morgan fingerprint density at radius 2 is 0.838 bits per heavy atom. The van der Waals surface area contributed by atoms with E-state index < -0.39 is 133 Å². The molecule has 0 radical (unpaired) electrons. The van der Waals surface area contributed by atoms with Gasteiger partial charge in [0, 0.05) is 6.42 Å². The number of hydrogen-bond donors (Lipinski definition) is 9. The number of hydrogen-bond acceptors (Lipinski definition) is 11. The molecule has 74 heavy (non-hydrogen) atoms. The van der Waals surface area contributed by atoms with Crippen molar-refractivity contribution in [3.05, 3.63) is 0 Å². The second-order valence-electron chi connectivity index (χ2n) is 22.8. The number of carbonyl (C=O) groups excluding carboxylic acids is 8. The van der Waals surface area contributed by atoms with Crippen molar-refractivity contribution in [2.24, 2.45) is 35.5 Å². The van der Waals surface area contributed by atoms with Gasteiger partial charge < -0.3 is 52.2 Å². The van der Waals surface area contributed by atoms with Crippen LogP contribution in [0.4, 0.5) is 0 Å². The molecule has 8 unspecified atom stereocenters. The van der Waals surface area contributed by atoms with Gasteiger partial charge in [-0.1, -0.05) is 134 Å². The first-order valence-corrected chi connectivity index (χ1v) is 27.3. The summed E-state index contributed by atoms with van der Waals surface area (Å²) in [4.78, 5) is 137. The summed E-state index contributed by atoms with van der Waals surface area (Å²) < 4.78 is 6.05. The third-order valence-electron chi connectivity index (χ3n) is 12.6. The van der Waals surface area contributed by atoms with Crippen molar-refractivity contribution in [2.45, 2.75) is 247 Å². The van der Waals surface area contributed by atoms with E-state index in [1.807, 2.05) is 13.8 Å². The van der Waals surface area contributed by atoms with Crippen LogP contribution in [0.2, 0.25) is 0 Å². The Balaban J connectivity index is 3.92. The number of rotatable bonds is 25. The Labute approximate surface area is 440 Å². The molecule has 20 heteroatoms. The molecule has 0 aromatic heterocycles. The van der Waals surface area contributed by atoms with E-state index in [1.165, 1.54) is 19.3 Å². The summed E-state index contributed by atoms with van der Waals surface area (Å²) >= 11 is 0. The van der Waals surface area contributed by atoms with Gasteiger partial charge in [-0.3, -0.25) is 43.2 Å².